The fourth-order valence-electron chi connectivity index (χ4n) is 9.16. The zero-order valence-electron chi connectivity index (χ0n) is 21.2. The zero-order valence-corrected chi connectivity index (χ0v) is 21.2. The van der Waals surface area contributed by atoms with Crippen LogP contribution in [0.25, 0.3) is 0 Å². The summed E-state index contributed by atoms with van der Waals surface area (Å²) in [6, 6.07) is 0. The van der Waals surface area contributed by atoms with Gasteiger partial charge in [-0.25, -0.2) is 0 Å². The summed E-state index contributed by atoms with van der Waals surface area (Å²) in [4.78, 5) is 24.0. The van der Waals surface area contributed by atoms with Crippen molar-refractivity contribution in [1.29, 1.82) is 0 Å². The van der Waals surface area contributed by atoms with Crippen molar-refractivity contribution in [1.82, 2.24) is 0 Å². The zero-order chi connectivity index (χ0) is 23.3. The molecule has 0 amide bonds. The maximum absolute atomic E-state index is 12.6. The number of hydrogen-bond donors (Lipinski definition) is 1. The molecule has 0 aromatic heterocycles. The Kier molecular flexibility index (Phi) is 6.69. The predicted octanol–water partition coefficient (Wildman–Crippen LogP) is 7.30. The summed E-state index contributed by atoms with van der Waals surface area (Å²) < 4.78 is 0. The molecule has 0 aliphatic heterocycles. The van der Waals surface area contributed by atoms with E-state index < -0.39 is 5.97 Å². The average Bonchev–Trinajstić information content (AvgIpc) is 3.05. The molecule has 0 saturated heterocycles. The maximum atomic E-state index is 12.6. The Bertz CT molecular complexity index is 766. The van der Waals surface area contributed by atoms with E-state index in [1.165, 1.54) is 56.9 Å². The van der Waals surface area contributed by atoms with Crippen LogP contribution < -0.4 is 0 Å². The van der Waals surface area contributed by atoms with Crippen LogP contribution in [-0.2, 0) is 9.59 Å². The van der Waals surface area contributed by atoms with Gasteiger partial charge in [-0.05, 0) is 97.4 Å². The normalized spacial score (nSPS) is 42.1. The van der Waals surface area contributed by atoms with Gasteiger partial charge in [0.25, 0.3) is 0 Å². The molecule has 0 spiro atoms. The molecule has 0 bridgehead atoms. The Morgan fingerprint density at radius 3 is 2.53 bits per heavy atom. The van der Waals surface area contributed by atoms with Crippen molar-refractivity contribution >= 4 is 11.8 Å². The van der Waals surface area contributed by atoms with Crippen LogP contribution in [0, 0.1) is 52.3 Å². The van der Waals surface area contributed by atoms with Gasteiger partial charge in [0, 0.05) is 5.92 Å². The van der Waals surface area contributed by atoms with Crippen molar-refractivity contribution in [2.45, 2.75) is 105 Å². The van der Waals surface area contributed by atoms with E-state index in [0.717, 1.165) is 42.4 Å². The Morgan fingerprint density at radius 1 is 1.09 bits per heavy atom. The molecule has 32 heavy (non-hydrogen) atoms. The molecular formula is C29H46O3. The van der Waals surface area contributed by atoms with E-state index in [0.29, 0.717) is 11.3 Å². The summed E-state index contributed by atoms with van der Waals surface area (Å²) in [5.74, 6) is 3.58. The van der Waals surface area contributed by atoms with Crippen LogP contribution in [0.2, 0.25) is 0 Å². The number of allylic oxidation sites excluding steroid dienone is 1. The monoisotopic (exact) mass is 442 g/mol. The van der Waals surface area contributed by atoms with Crippen molar-refractivity contribution in [3.8, 4) is 0 Å². The van der Waals surface area contributed by atoms with Crippen molar-refractivity contribution in [2.75, 3.05) is 0 Å². The van der Waals surface area contributed by atoms with Crippen molar-refractivity contribution in [2.24, 2.45) is 52.3 Å². The number of rotatable bonds is 7. The third-order valence-electron chi connectivity index (χ3n) is 10.7. The second-order valence-electron chi connectivity index (χ2n) is 12.9. The second-order valence-corrected chi connectivity index (χ2v) is 12.9. The van der Waals surface area contributed by atoms with E-state index in [1.807, 2.05) is 6.08 Å². The first-order valence-electron chi connectivity index (χ1n) is 13.5. The number of ketones is 1. The topological polar surface area (TPSA) is 54.4 Å². The highest BCUT2D eigenvalue weighted by Gasteiger charge is 2.60. The Balaban J connectivity index is 1.51. The van der Waals surface area contributed by atoms with Crippen LogP contribution in [0.1, 0.15) is 105 Å². The lowest BCUT2D eigenvalue weighted by atomic mass is 9.45. The molecule has 3 fully saturated rings. The molecule has 1 N–H and O–H groups in total. The highest BCUT2D eigenvalue weighted by Crippen LogP contribution is 2.68. The van der Waals surface area contributed by atoms with Crippen LogP contribution >= 0.6 is 0 Å². The minimum Gasteiger partial charge on any atom is -0.481 e. The van der Waals surface area contributed by atoms with Gasteiger partial charge in [0.05, 0.1) is 6.42 Å². The third-order valence-corrected chi connectivity index (χ3v) is 10.7. The fraction of sp³-hybridized carbons (Fsp3) is 0.862. The number of hydrogen-bond acceptors (Lipinski definition) is 2. The molecule has 0 heterocycles. The summed E-state index contributed by atoms with van der Waals surface area (Å²) in [7, 11) is 0. The lowest BCUT2D eigenvalue weighted by Gasteiger charge is -2.59. The first-order chi connectivity index (χ1) is 15.1. The predicted molar refractivity (Wildman–Crippen MR) is 129 cm³/mol. The minimum absolute atomic E-state index is 0.00724. The lowest BCUT2D eigenvalue weighted by Crippen LogP contribution is -2.52. The Labute approximate surface area is 195 Å². The van der Waals surface area contributed by atoms with Crippen LogP contribution in [0.15, 0.2) is 11.6 Å². The number of carbonyl (C=O) groups excluding carboxylic acids is 1. The number of fused-ring (bicyclic) bond motifs is 5. The number of aliphatic carboxylic acids is 1. The van der Waals surface area contributed by atoms with E-state index in [1.54, 1.807) is 0 Å². The van der Waals surface area contributed by atoms with Crippen molar-refractivity contribution in [3.05, 3.63) is 11.6 Å². The van der Waals surface area contributed by atoms with Crippen LogP contribution in [0.5, 0.6) is 0 Å². The van der Waals surface area contributed by atoms with Gasteiger partial charge in [0.1, 0.15) is 0 Å². The standard InChI is InChI=1S/C29H46O3/c1-18(2)7-6-8-19(3)23-11-12-24-22-10-9-21-16-26(30)20(15-27(31)32)17-29(21,5)25(22)13-14-28(23,24)4/h16,18-20,22-25H,6-15,17H2,1-5H3,(H,31,32)/t19?,20-,22?,23?,24?,25?,28-,29+/m1/s1. The van der Waals surface area contributed by atoms with Gasteiger partial charge in [0.15, 0.2) is 5.78 Å². The molecule has 0 radical (unpaired) electrons. The smallest absolute Gasteiger partial charge is 0.304 e. The summed E-state index contributed by atoms with van der Waals surface area (Å²) in [5.41, 5.74) is 1.84. The Morgan fingerprint density at radius 2 is 1.84 bits per heavy atom. The number of carboxylic acids is 1. The molecule has 4 aliphatic carbocycles. The molecule has 8 atom stereocenters. The number of carboxylic acid groups (broad SMARTS) is 1. The molecule has 4 aliphatic rings. The van der Waals surface area contributed by atoms with E-state index in [2.05, 4.69) is 34.6 Å². The molecule has 0 aromatic carbocycles. The SMILES string of the molecule is CC(C)CCCC(C)C1CCC2C3CCC4=CC(=O)[C@H](CC(=O)O)C[C@]4(C)C3CC[C@]12C. The van der Waals surface area contributed by atoms with Gasteiger partial charge < -0.3 is 5.11 Å². The fourth-order valence-corrected chi connectivity index (χ4v) is 9.16. The van der Waals surface area contributed by atoms with Gasteiger partial charge >= 0.3 is 5.97 Å². The molecule has 180 valence electrons. The molecule has 5 unspecified atom stereocenters. The molecular weight excluding hydrogens is 396 g/mol. The van der Waals surface area contributed by atoms with Gasteiger partial charge in [0.2, 0.25) is 0 Å². The van der Waals surface area contributed by atoms with Crippen LogP contribution in [-0.4, -0.2) is 16.9 Å². The maximum Gasteiger partial charge on any atom is 0.304 e. The van der Waals surface area contributed by atoms with Gasteiger partial charge in [-0.15, -0.1) is 0 Å². The summed E-state index contributed by atoms with van der Waals surface area (Å²) in [6.45, 7) is 12.2. The average molecular weight is 443 g/mol. The van der Waals surface area contributed by atoms with Crippen molar-refractivity contribution < 1.29 is 14.7 Å². The first kappa shape index (κ1) is 24.0. The molecule has 4 rings (SSSR count). The molecule has 3 nitrogen and oxygen atoms in total. The third kappa shape index (κ3) is 4.11. The van der Waals surface area contributed by atoms with Gasteiger partial charge in [-0.1, -0.05) is 59.5 Å². The summed E-state index contributed by atoms with van der Waals surface area (Å²) in [6.07, 6.45) is 14.3. The van der Waals surface area contributed by atoms with Gasteiger partial charge in [-0.3, -0.25) is 9.59 Å². The highest BCUT2D eigenvalue weighted by molar-refractivity contribution is 5.95. The van der Waals surface area contributed by atoms with Crippen molar-refractivity contribution in [3.63, 3.8) is 0 Å². The summed E-state index contributed by atoms with van der Waals surface area (Å²) >= 11 is 0. The first-order valence-corrected chi connectivity index (χ1v) is 13.5. The van der Waals surface area contributed by atoms with E-state index in [9.17, 15) is 14.7 Å². The Hall–Kier alpha value is -1.12. The van der Waals surface area contributed by atoms with Crippen LogP contribution in [0.4, 0.5) is 0 Å². The largest absolute Gasteiger partial charge is 0.481 e. The molecule has 0 aromatic rings. The minimum atomic E-state index is -0.836. The van der Waals surface area contributed by atoms with E-state index in [-0.39, 0.29) is 23.5 Å². The van der Waals surface area contributed by atoms with Gasteiger partial charge in [-0.2, -0.15) is 0 Å². The highest BCUT2D eigenvalue weighted by atomic mass is 16.4. The van der Waals surface area contributed by atoms with E-state index >= 15 is 0 Å². The van der Waals surface area contributed by atoms with Crippen LogP contribution in [0.3, 0.4) is 0 Å². The van der Waals surface area contributed by atoms with E-state index in [4.69, 9.17) is 0 Å². The molecule has 3 heteroatoms. The molecule has 3 saturated carbocycles. The number of carbonyl (C=O) groups is 2. The quantitative estimate of drug-likeness (QED) is 0.450. The lowest BCUT2D eigenvalue weighted by molar-refractivity contribution is -0.141. The summed E-state index contributed by atoms with van der Waals surface area (Å²) in [5, 5.41) is 9.35. The second kappa shape index (κ2) is 8.91.